The molecule has 1 unspecified atom stereocenters. The van der Waals surface area contributed by atoms with Crippen LogP contribution in [0, 0.1) is 0 Å². The SMILES string of the molecule is COc1ccc(C2C=CN(C(=O)OC(C)(C)C)C2)cc1. The van der Waals surface area contributed by atoms with Gasteiger partial charge in [-0.1, -0.05) is 18.2 Å². The Kier molecular flexibility index (Phi) is 4.02. The molecule has 20 heavy (non-hydrogen) atoms. The first-order valence-electron chi connectivity index (χ1n) is 6.71. The van der Waals surface area contributed by atoms with E-state index in [0.717, 1.165) is 11.3 Å². The van der Waals surface area contributed by atoms with Gasteiger partial charge in [-0.25, -0.2) is 4.79 Å². The summed E-state index contributed by atoms with van der Waals surface area (Å²) in [6.07, 6.45) is 3.51. The minimum Gasteiger partial charge on any atom is -0.497 e. The predicted octanol–water partition coefficient (Wildman–Crippen LogP) is 3.54. The molecule has 1 aromatic carbocycles. The Hall–Kier alpha value is -1.97. The largest absolute Gasteiger partial charge is 0.497 e. The summed E-state index contributed by atoms with van der Waals surface area (Å²) in [5.74, 6) is 1.04. The van der Waals surface area contributed by atoms with Crippen molar-refractivity contribution in [1.29, 1.82) is 0 Å². The van der Waals surface area contributed by atoms with Crippen LogP contribution in [0.4, 0.5) is 4.79 Å². The van der Waals surface area contributed by atoms with Gasteiger partial charge in [0.05, 0.1) is 7.11 Å². The molecular weight excluding hydrogens is 254 g/mol. The van der Waals surface area contributed by atoms with E-state index in [0.29, 0.717) is 6.54 Å². The number of benzene rings is 1. The number of rotatable bonds is 2. The van der Waals surface area contributed by atoms with Gasteiger partial charge in [0.1, 0.15) is 11.4 Å². The van der Waals surface area contributed by atoms with E-state index in [-0.39, 0.29) is 12.0 Å². The molecule has 4 heteroatoms. The van der Waals surface area contributed by atoms with Crippen molar-refractivity contribution in [2.24, 2.45) is 0 Å². The van der Waals surface area contributed by atoms with Gasteiger partial charge >= 0.3 is 6.09 Å². The van der Waals surface area contributed by atoms with Crippen LogP contribution in [-0.4, -0.2) is 30.2 Å². The van der Waals surface area contributed by atoms with Crippen molar-refractivity contribution in [3.63, 3.8) is 0 Å². The maximum Gasteiger partial charge on any atom is 0.414 e. The Balaban J connectivity index is 1.98. The molecule has 108 valence electrons. The van der Waals surface area contributed by atoms with Gasteiger partial charge in [-0.3, -0.25) is 4.90 Å². The first-order chi connectivity index (χ1) is 9.39. The Morgan fingerprint density at radius 3 is 2.45 bits per heavy atom. The quantitative estimate of drug-likeness (QED) is 0.828. The van der Waals surface area contributed by atoms with Gasteiger partial charge in [-0.2, -0.15) is 0 Å². The topological polar surface area (TPSA) is 38.8 Å². The Labute approximate surface area is 120 Å². The highest BCUT2D eigenvalue weighted by Crippen LogP contribution is 2.27. The highest BCUT2D eigenvalue weighted by atomic mass is 16.6. The highest BCUT2D eigenvalue weighted by molar-refractivity contribution is 5.70. The number of carbonyl (C=O) groups excluding carboxylic acids is 1. The standard InChI is InChI=1S/C16H21NO3/c1-16(2,3)20-15(18)17-10-9-13(11-17)12-5-7-14(19-4)8-6-12/h5-10,13H,11H2,1-4H3. The lowest BCUT2D eigenvalue weighted by Gasteiger charge is -2.24. The van der Waals surface area contributed by atoms with Crippen molar-refractivity contribution >= 4 is 6.09 Å². The monoisotopic (exact) mass is 275 g/mol. The maximum atomic E-state index is 12.0. The second-order valence-electron chi connectivity index (χ2n) is 5.85. The van der Waals surface area contributed by atoms with Crippen molar-refractivity contribution in [3.8, 4) is 5.75 Å². The van der Waals surface area contributed by atoms with Crippen molar-refractivity contribution < 1.29 is 14.3 Å². The molecule has 1 aromatic rings. The van der Waals surface area contributed by atoms with E-state index in [2.05, 4.69) is 0 Å². The molecule has 1 atom stereocenters. The van der Waals surface area contributed by atoms with E-state index in [1.165, 1.54) is 0 Å². The van der Waals surface area contributed by atoms with E-state index in [4.69, 9.17) is 9.47 Å². The molecule has 0 N–H and O–H groups in total. The lowest BCUT2D eigenvalue weighted by atomic mass is 10.0. The summed E-state index contributed by atoms with van der Waals surface area (Å²) in [6, 6.07) is 7.90. The normalized spacial score (nSPS) is 18.2. The van der Waals surface area contributed by atoms with E-state index in [9.17, 15) is 4.79 Å². The number of methoxy groups -OCH3 is 1. The molecule has 0 saturated heterocycles. The highest BCUT2D eigenvalue weighted by Gasteiger charge is 2.26. The van der Waals surface area contributed by atoms with Crippen LogP contribution in [0.3, 0.4) is 0 Å². The lowest BCUT2D eigenvalue weighted by Crippen LogP contribution is -2.33. The van der Waals surface area contributed by atoms with Crippen molar-refractivity contribution in [3.05, 3.63) is 42.1 Å². The molecule has 0 saturated carbocycles. The molecular formula is C16H21NO3. The molecule has 0 bridgehead atoms. The van der Waals surface area contributed by atoms with Crippen molar-refractivity contribution in [2.45, 2.75) is 32.3 Å². The summed E-state index contributed by atoms with van der Waals surface area (Å²) in [4.78, 5) is 13.6. The minimum atomic E-state index is -0.469. The molecule has 0 aromatic heterocycles. The lowest BCUT2D eigenvalue weighted by molar-refractivity contribution is 0.0345. The average Bonchev–Trinajstić information content (AvgIpc) is 2.86. The van der Waals surface area contributed by atoms with Crippen LogP contribution in [0.5, 0.6) is 5.75 Å². The van der Waals surface area contributed by atoms with Crippen molar-refractivity contribution in [1.82, 2.24) is 4.90 Å². The van der Waals surface area contributed by atoms with Gasteiger partial charge in [-0.15, -0.1) is 0 Å². The molecule has 2 rings (SSSR count). The average molecular weight is 275 g/mol. The smallest absolute Gasteiger partial charge is 0.414 e. The third-order valence-electron chi connectivity index (χ3n) is 3.06. The minimum absolute atomic E-state index is 0.202. The summed E-state index contributed by atoms with van der Waals surface area (Å²) in [6.45, 7) is 6.21. The van der Waals surface area contributed by atoms with Gasteiger partial charge in [0.25, 0.3) is 0 Å². The van der Waals surface area contributed by atoms with Crippen LogP contribution in [0.25, 0.3) is 0 Å². The van der Waals surface area contributed by atoms with E-state index < -0.39 is 5.60 Å². The zero-order chi connectivity index (χ0) is 14.8. The number of carbonyl (C=O) groups is 1. The molecule has 4 nitrogen and oxygen atoms in total. The van der Waals surface area contributed by atoms with Gasteiger partial charge in [0.2, 0.25) is 0 Å². The molecule has 0 fully saturated rings. The van der Waals surface area contributed by atoms with Crippen LogP contribution >= 0.6 is 0 Å². The summed E-state index contributed by atoms with van der Waals surface area (Å²) in [5.41, 5.74) is 0.691. The molecule has 0 aliphatic carbocycles. The first kappa shape index (κ1) is 14.4. The van der Waals surface area contributed by atoms with Crippen LogP contribution in [-0.2, 0) is 4.74 Å². The molecule has 0 spiro atoms. The Morgan fingerprint density at radius 2 is 1.90 bits per heavy atom. The number of nitrogens with zero attached hydrogens (tertiary/aromatic N) is 1. The number of ether oxygens (including phenoxy) is 2. The zero-order valence-electron chi connectivity index (χ0n) is 12.4. The fourth-order valence-corrected chi connectivity index (χ4v) is 2.06. The molecule has 1 aliphatic heterocycles. The summed E-state index contributed by atoms with van der Waals surface area (Å²) in [7, 11) is 1.65. The molecule has 1 heterocycles. The fraction of sp³-hybridized carbons (Fsp3) is 0.438. The van der Waals surface area contributed by atoms with Crippen LogP contribution in [0.1, 0.15) is 32.3 Å². The number of amides is 1. The second kappa shape index (κ2) is 5.57. The number of hydrogen-bond acceptors (Lipinski definition) is 3. The summed E-state index contributed by atoms with van der Waals surface area (Å²) in [5, 5.41) is 0. The fourth-order valence-electron chi connectivity index (χ4n) is 2.06. The first-order valence-corrected chi connectivity index (χ1v) is 6.71. The third-order valence-corrected chi connectivity index (χ3v) is 3.06. The second-order valence-corrected chi connectivity index (χ2v) is 5.85. The van der Waals surface area contributed by atoms with E-state index >= 15 is 0 Å². The van der Waals surface area contributed by atoms with Crippen LogP contribution in [0.2, 0.25) is 0 Å². The molecule has 0 radical (unpaired) electrons. The van der Waals surface area contributed by atoms with Gasteiger partial charge in [0, 0.05) is 18.7 Å². The Morgan fingerprint density at radius 1 is 1.25 bits per heavy atom. The summed E-state index contributed by atoms with van der Waals surface area (Å²) < 4.78 is 10.5. The third kappa shape index (κ3) is 3.53. The predicted molar refractivity (Wildman–Crippen MR) is 77.8 cm³/mol. The molecule has 1 amide bonds. The van der Waals surface area contributed by atoms with Crippen molar-refractivity contribution in [2.75, 3.05) is 13.7 Å². The summed E-state index contributed by atoms with van der Waals surface area (Å²) >= 11 is 0. The van der Waals surface area contributed by atoms with E-state index in [1.807, 2.05) is 51.1 Å². The van der Waals surface area contributed by atoms with E-state index in [1.54, 1.807) is 18.2 Å². The zero-order valence-corrected chi connectivity index (χ0v) is 12.4. The van der Waals surface area contributed by atoms with Gasteiger partial charge in [0.15, 0.2) is 0 Å². The Bertz CT molecular complexity index is 499. The number of hydrogen-bond donors (Lipinski definition) is 0. The van der Waals surface area contributed by atoms with Gasteiger partial charge < -0.3 is 9.47 Å². The van der Waals surface area contributed by atoms with Crippen LogP contribution < -0.4 is 4.74 Å². The van der Waals surface area contributed by atoms with Crippen LogP contribution in [0.15, 0.2) is 36.5 Å². The molecule has 1 aliphatic rings. The maximum absolute atomic E-state index is 12.0. The van der Waals surface area contributed by atoms with Gasteiger partial charge in [-0.05, 0) is 38.5 Å².